The lowest BCUT2D eigenvalue weighted by molar-refractivity contribution is -0.178. The van der Waals surface area contributed by atoms with Gasteiger partial charge in [-0.3, -0.25) is 9.69 Å². The average molecular weight is 346 g/mol. The highest BCUT2D eigenvalue weighted by molar-refractivity contribution is 5.75. The maximum Gasteiger partial charge on any atom is 0.310 e. The second-order valence-corrected chi connectivity index (χ2v) is 10.1. The molecular weight excluding hydrogens is 310 g/mol. The van der Waals surface area contributed by atoms with Gasteiger partial charge in [0.2, 0.25) is 0 Å². The van der Waals surface area contributed by atoms with E-state index < -0.39 is 16.9 Å². The van der Waals surface area contributed by atoms with Gasteiger partial charge in [0.15, 0.2) is 0 Å². The van der Waals surface area contributed by atoms with Crippen molar-refractivity contribution in [3.8, 4) is 0 Å². The van der Waals surface area contributed by atoms with Gasteiger partial charge in [-0.05, 0) is 66.5 Å². The van der Waals surface area contributed by atoms with E-state index >= 15 is 0 Å². The summed E-state index contributed by atoms with van der Waals surface area (Å²) in [5.41, 5.74) is 0.539. The summed E-state index contributed by atoms with van der Waals surface area (Å²) in [6.45, 7) is 21.4. The molecule has 1 aliphatic heterocycles. The molecule has 0 saturated heterocycles. The molecule has 0 aromatic heterocycles. The van der Waals surface area contributed by atoms with Gasteiger partial charge in [-0.15, -0.1) is 0 Å². The number of aliphatic carboxylic acids is 1. The van der Waals surface area contributed by atoms with Crippen LogP contribution in [0.15, 0.2) is 24.3 Å². The molecule has 3 nitrogen and oxygen atoms in total. The summed E-state index contributed by atoms with van der Waals surface area (Å²) in [6.07, 6.45) is 0. The van der Waals surface area contributed by atoms with Crippen molar-refractivity contribution in [2.75, 3.05) is 0 Å². The largest absolute Gasteiger partial charge is 0.481 e. The number of carboxylic acid groups (broad SMARTS) is 1. The lowest BCUT2D eigenvalue weighted by Gasteiger charge is -2.67. The van der Waals surface area contributed by atoms with E-state index in [4.69, 9.17) is 0 Å². The fraction of sp³-hybridized carbons (Fsp3) is 0.682. The molecule has 0 amide bonds. The van der Waals surface area contributed by atoms with E-state index in [1.807, 2.05) is 13.8 Å². The van der Waals surface area contributed by atoms with Crippen LogP contribution in [-0.4, -0.2) is 27.1 Å². The molecule has 3 heteroatoms. The Hall–Kier alpha value is -1.35. The van der Waals surface area contributed by atoms with Crippen LogP contribution in [0.4, 0.5) is 0 Å². The first-order valence-corrected chi connectivity index (χ1v) is 9.18. The van der Waals surface area contributed by atoms with Gasteiger partial charge in [-0.1, -0.05) is 38.1 Å². The number of fused-ring (bicyclic) bond motifs is 1. The van der Waals surface area contributed by atoms with Crippen LogP contribution in [0.2, 0.25) is 0 Å². The number of carboxylic acids is 1. The van der Waals surface area contributed by atoms with E-state index in [9.17, 15) is 9.90 Å². The lowest BCUT2D eigenvalue weighted by Crippen LogP contribution is -2.75. The normalized spacial score (nSPS) is 22.3. The topological polar surface area (TPSA) is 40.5 Å². The van der Waals surface area contributed by atoms with Crippen LogP contribution in [0.25, 0.3) is 0 Å². The van der Waals surface area contributed by atoms with Crippen LogP contribution < -0.4 is 0 Å². The molecule has 0 bridgehead atoms. The minimum Gasteiger partial charge on any atom is -0.481 e. The van der Waals surface area contributed by atoms with E-state index in [2.05, 4.69) is 84.6 Å². The Kier molecular flexibility index (Phi) is 4.25. The molecule has 1 aliphatic rings. The van der Waals surface area contributed by atoms with Gasteiger partial charge in [0.1, 0.15) is 0 Å². The number of hydrogen-bond acceptors (Lipinski definition) is 2. The van der Waals surface area contributed by atoms with E-state index in [1.54, 1.807) is 0 Å². The third-order valence-electron chi connectivity index (χ3n) is 7.53. The highest BCUT2D eigenvalue weighted by atomic mass is 16.4. The first-order chi connectivity index (χ1) is 11.0. The summed E-state index contributed by atoms with van der Waals surface area (Å²) in [7, 11) is 0. The van der Waals surface area contributed by atoms with Crippen LogP contribution in [-0.2, 0) is 15.7 Å². The first-order valence-electron chi connectivity index (χ1n) is 9.18. The molecule has 2 rings (SSSR count). The predicted molar refractivity (Wildman–Crippen MR) is 104 cm³/mol. The monoisotopic (exact) mass is 345 g/mol. The van der Waals surface area contributed by atoms with Crippen molar-refractivity contribution in [2.45, 2.75) is 91.3 Å². The molecule has 140 valence electrons. The highest BCUT2D eigenvalue weighted by Crippen LogP contribution is 2.57. The van der Waals surface area contributed by atoms with Gasteiger partial charge in [0, 0.05) is 22.0 Å². The van der Waals surface area contributed by atoms with Gasteiger partial charge in [0.05, 0.1) is 5.41 Å². The molecule has 0 saturated carbocycles. The predicted octanol–water partition coefficient (Wildman–Crippen LogP) is 5.18. The number of hydrogen-bond donors (Lipinski definition) is 1. The first kappa shape index (κ1) is 20.0. The van der Waals surface area contributed by atoms with Crippen molar-refractivity contribution >= 4 is 5.97 Å². The average Bonchev–Trinajstić information content (AvgIpc) is 2.44. The molecule has 0 atom stereocenters. The summed E-state index contributed by atoms with van der Waals surface area (Å²) in [5.74, 6) is -0.763. The van der Waals surface area contributed by atoms with Crippen molar-refractivity contribution in [2.24, 2.45) is 5.41 Å². The Bertz CT molecular complexity index is 696. The maximum atomic E-state index is 12.1. The zero-order valence-electron chi connectivity index (χ0n) is 17.6. The van der Waals surface area contributed by atoms with Crippen molar-refractivity contribution < 1.29 is 9.90 Å². The Morgan fingerprint density at radius 2 is 1.36 bits per heavy atom. The third kappa shape index (κ3) is 2.38. The molecule has 0 aliphatic carbocycles. The Morgan fingerprint density at radius 3 is 1.80 bits per heavy atom. The van der Waals surface area contributed by atoms with Gasteiger partial charge in [0.25, 0.3) is 0 Å². The van der Waals surface area contributed by atoms with Crippen LogP contribution >= 0.6 is 0 Å². The van der Waals surface area contributed by atoms with Gasteiger partial charge in [-0.25, -0.2) is 0 Å². The van der Waals surface area contributed by atoms with Crippen molar-refractivity contribution in [3.05, 3.63) is 35.4 Å². The molecule has 1 aromatic rings. The number of rotatable bonds is 3. The van der Waals surface area contributed by atoms with Crippen LogP contribution in [0, 0.1) is 5.41 Å². The second-order valence-electron chi connectivity index (χ2n) is 10.1. The smallest absolute Gasteiger partial charge is 0.310 e. The summed E-state index contributed by atoms with van der Waals surface area (Å²) in [4.78, 5) is 14.6. The standard InChI is InChI=1S/C22H35NO2/c1-18(2)15-13-11-12-14-16(15)20(5,6)23(21(18,7)8)22(9,10)19(3,4)17(24)25/h11-14H,1-10H3,(H,24,25). The maximum absolute atomic E-state index is 12.1. The molecule has 0 fully saturated rings. The van der Waals surface area contributed by atoms with E-state index in [0.717, 1.165) is 0 Å². The van der Waals surface area contributed by atoms with Gasteiger partial charge < -0.3 is 5.11 Å². The molecule has 25 heavy (non-hydrogen) atoms. The minimum atomic E-state index is -0.899. The van der Waals surface area contributed by atoms with E-state index in [1.165, 1.54) is 11.1 Å². The zero-order chi connectivity index (χ0) is 19.6. The summed E-state index contributed by atoms with van der Waals surface area (Å²) >= 11 is 0. The van der Waals surface area contributed by atoms with Gasteiger partial charge >= 0.3 is 5.97 Å². The van der Waals surface area contributed by atoms with Crippen molar-refractivity contribution in [3.63, 3.8) is 0 Å². The fourth-order valence-corrected chi connectivity index (χ4v) is 4.93. The molecule has 1 N–H and O–H groups in total. The van der Waals surface area contributed by atoms with Crippen LogP contribution in [0.5, 0.6) is 0 Å². The van der Waals surface area contributed by atoms with Crippen LogP contribution in [0.1, 0.15) is 80.4 Å². The quantitative estimate of drug-likeness (QED) is 0.820. The number of benzene rings is 1. The Balaban J connectivity index is 2.85. The van der Waals surface area contributed by atoms with Crippen LogP contribution in [0.3, 0.4) is 0 Å². The number of carbonyl (C=O) groups is 1. The lowest BCUT2D eigenvalue weighted by atomic mass is 9.57. The molecule has 1 aromatic carbocycles. The molecule has 0 spiro atoms. The molecular formula is C22H35NO2. The number of nitrogens with zero attached hydrogens (tertiary/aromatic N) is 1. The van der Waals surface area contributed by atoms with E-state index in [0.29, 0.717) is 0 Å². The summed E-state index contributed by atoms with van der Waals surface area (Å²) < 4.78 is 0. The second kappa shape index (κ2) is 5.33. The Labute approximate surface area is 153 Å². The molecule has 0 unspecified atom stereocenters. The molecule has 0 radical (unpaired) electrons. The molecule has 1 heterocycles. The van der Waals surface area contributed by atoms with Crippen molar-refractivity contribution in [1.82, 2.24) is 4.90 Å². The zero-order valence-corrected chi connectivity index (χ0v) is 17.6. The fourth-order valence-electron chi connectivity index (χ4n) is 4.93. The Morgan fingerprint density at radius 1 is 0.920 bits per heavy atom. The highest BCUT2D eigenvalue weighted by Gasteiger charge is 2.62. The summed E-state index contributed by atoms with van der Waals surface area (Å²) in [5, 5.41) is 9.95. The van der Waals surface area contributed by atoms with Crippen molar-refractivity contribution in [1.29, 1.82) is 0 Å². The SMILES string of the molecule is CC1(C)c2ccccc2C(C)(C)C(C)(C)N1C(C)(C)C(C)(C)C(=O)O. The van der Waals surface area contributed by atoms with E-state index in [-0.39, 0.29) is 16.5 Å². The third-order valence-corrected chi connectivity index (χ3v) is 7.53. The minimum absolute atomic E-state index is 0.120. The van der Waals surface area contributed by atoms with Gasteiger partial charge in [-0.2, -0.15) is 0 Å². The summed E-state index contributed by atoms with van der Waals surface area (Å²) in [6, 6.07) is 8.62.